The summed E-state index contributed by atoms with van der Waals surface area (Å²) >= 11 is 6.18. The van der Waals surface area contributed by atoms with Crippen LogP contribution < -0.4 is 20.7 Å². The van der Waals surface area contributed by atoms with E-state index in [0.29, 0.717) is 22.4 Å². The number of anilines is 4. The normalized spacial score (nSPS) is 12.0. The van der Waals surface area contributed by atoms with Gasteiger partial charge in [0.2, 0.25) is 5.95 Å². The molecule has 2 N–H and O–H groups in total. The highest BCUT2D eigenvalue weighted by molar-refractivity contribution is 7.92. The molecule has 0 saturated carbocycles. The van der Waals surface area contributed by atoms with Crippen LogP contribution in [0.5, 0.6) is 5.75 Å². The van der Waals surface area contributed by atoms with E-state index in [9.17, 15) is 13.0 Å². The van der Waals surface area contributed by atoms with E-state index >= 15 is 0 Å². The van der Waals surface area contributed by atoms with Gasteiger partial charge in [-0.15, -0.1) is 10.2 Å². The van der Waals surface area contributed by atoms with Crippen LogP contribution in [0.1, 0.15) is 13.8 Å². The molecular formula is C21H25ClN5O4PS. The first-order valence-electron chi connectivity index (χ1n) is 9.94. The summed E-state index contributed by atoms with van der Waals surface area (Å²) in [7, 11) is -4.52. The van der Waals surface area contributed by atoms with Crippen molar-refractivity contribution < 1.29 is 17.7 Å². The molecule has 9 nitrogen and oxygen atoms in total. The molecule has 2 aromatic carbocycles. The largest absolute Gasteiger partial charge is 0.495 e. The molecule has 176 valence electrons. The van der Waals surface area contributed by atoms with E-state index in [1.807, 2.05) is 0 Å². The van der Waals surface area contributed by atoms with E-state index in [2.05, 4.69) is 25.8 Å². The van der Waals surface area contributed by atoms with Gasteiger partial charge in [0.1, 0.15) is 12.9 Å². The number of para-hydroxylation sites is 1. The van der Waals surface area contributed by atoms with Crippen LogP contribution in [-0.2, 0) is 14.4 Å². The topological polar surface area (TPSA) is 123 Å². The quantitative estimate of drug-likeness (QED) is 0.424. The van der Waals surface area contributed by atoms with E-state index in [0.717, 1.165) is 0 Å². The Hall–Kier alpha value is -2.68. The lowest BCUT2D eigenvalue weighted by molar-refractivity contribution is 0.417. The van der Waals surface area contributed by atoms with E-state index in [-0.39, 0.29) is 21.8 Å². The van der Waals surface area contributed by atoms with Gasteiger partial charge >= 0.3 is 0 Å². The van der Waals surface area contributed by atoms with Gasteiger partial charge in [-0.3, -0.25) is 0 Å². The first kappa shape index (κ1) is 25.0. The average Bonchev–Trinajstić information content (AvgIpc) is 2.75. The summed E-state index contributed by atoms with van der Waals surface area (Å²) in [5, 5.41) is 13.8. The van der Waals surface area contributed by atoms with Gasteiger partial charge in [0, 0.05) is 5.30 Å². The van der Waals surface area contributed by atoms with Crippen LogP contribution in [0.15, 0.2) is 47.4 Å². The molecule has 0 aliphatic rings. The number of nitrogens with one attached hydrogen (secondary N) is 2. The monoisotopic (exact) mass is 509 g/mol. The molecule has 12 heteroatoms. The van der Waals surface area contributed by atoms with Crippen molar-refractivity contribution in [2.75, 3.05) is 31.1 Å². The molecule has 0 bridgehead atoms. The van der Waals surface area contributed by atoms with Gasteiger partial charge in [-0.2, -0.15) is 4.98 Å². The minimum absolute atomic E-state index is 0.0301. The summed E-state index contributed by atoms with van der Waals surface area (Å²) in [6.45, 7) is 6.58. The van der Waals surface area contributed by atoms with Crippen LogP contribution in [0, 0.1) is 0 Å². The van der Waals surface area contributed by atoms with Crippen molar-refractivity contribution in [3.05, 3.63) is 47.6 Å². The Kier molecular flexibility index (Phi) is 7.31. The Morgan fingerprint density at radius 2 is 1.73 bits per heavy atom. The second-order valence-electron chi connectivity index (χ2n) is 7.85. The maximum absolute atomic E-state index is 12.7. The summed E-state index contributed by atoms with van der Waals surface area (Å²) in [4.78, 5) is 4.47. The Labute approximate surface area is 198 Å². The SMILES string of the molecule is COc1cc(P(C)(C)=O)ccc1Nc1nnc(Cl)c(Nc2ccccc2S(=O)(=O)C(C)C)n1. The minimum atomic E-state index is -3.55. The molecule has 0 spiro atoms. The average molecular weight is 510 g/mol. The van der Waals surface area contributed by atoms with Crippen LogP contribution in [0.25, 0.3) is 0 Å². The summed E-state index contributed by atoms with van der Waals surface area (Å²) in [5.41, 5.74) is 0.857. The Bertz CT molecular complexity index is 1330. The van der Waals surface area contributed by atoms with Gasteiger partial charge < -0.3 is 19.9 Å². The number of benzene rings is 2. The maximum Gasteiger partial charge on any atom is 0.249 e. The van der Waals surface area contributed by atoms with Crippen molar-refractivity contribution in [2.24, 2.45) is 0 Å². The number of rotatable bonds is 8. The number of hydrogen-bond acceptors (Lipinski definition) is 9. The highest BCUT2D eigenvalue weighted by Gasteiger charge is 2.23. The Balaban J connectivity index is 1.95. The molecule has 33 heavy (non-hydrogen) atoms. The third-order valence-electron chi connectivity index (χ3n) is 4.77. The van der Waals surface area contributed by atoms with Gasteiger partial charge in [-0.1, -0.05) is 23.7 Å². The molecule has 0 atom stereocenters. The molecule has 1 aromatic heterocycles. The zero-order valence-corrected chi connectivity index (χ0v) is 21.3. The molecule has 0 saturated heterocycles. The fraction of sp³-hybridized carbons (Fsp3) is 0.286. The van der Waals surface area contributed by atoms with Crippen LogP contribution in [0.2, 0.25) is 5.15 Å². The summed E-state index contributed by atoms with van der Waals surface area (Å²) in [5.74, 6) is 0.689. The Morgan fingerprint density at radius 3 is 2.36 bits per heavy atom. The van der Waals surface area contributed by atoms with Gasteiger partial charge in [0.25, 0.3) is 0 Å². The molecule has 0 aliphatic carbocycles. The highest BCUT2D eigenvalue weighted by atomic mass is 35.5. The second kappa shape index (κ2) is 9.67. The number of ether oxygens (including phenoxy) is 1. The zero-order valence-electron chi connectivity index (χ0n) is 18.8. The molecule has 1 heterocycles. The van der Waals surface area contributed by atoms with Crippen molar-refractivity contribution in [3.63, 3.8) is 0 Å². The summed E-state index contributed by atoms with van der Waals surface area (Å²) < 4.78 is 43.3. The van der Waals surface area contributed by atoms with Crippen molar-refractivity contribution in [2.45, 2.75) is 24.0 Å². The zero-order chi connectivity index (χ0) is 24.4. The van der Waals surface area contributed by atoms with Gasteiger partial charge in [0.15, 0.2) is 20.8 Å². The molecule has 0 unspecified atom stereocenters. The smallest absolute Gasteiger partial charge is 0.249 e. The molecule has 3 rings (SSSR count). The Morgan fingerprint density at radius 1 is 1.03 bits per heavy atom. The van der Waals surface area contributed by atoms with Crippen LogP contribution in [0.4, 0.5) is 23.1 Å². The third-order valence-corrected chi connectivity index (χ3v) is 8.75. The van der Waals surface area contributed by atoms with E-state index in [1.165, 1.54) is 13.2 Å². The fourth-order valence-electron chi connectivity index (χ4n) is 2.88. The lowest BCUT2D eigenvalue weighted by Gasteiger charge is -2.16. The minimum Gasteiger partial charge on any atom is -0.495 e. The van der Waals surface area contributed by atoms with Crippen molar-refractivity contribution >= 4 is 57.0 Å². The lowest BCUT2D eigenvalue weighted by atomic mass is 10.3. The molecule has 0 radical (unpaired) electrons. The molecule has 0 amide bonds. The predicted molar refractivity (Wildman–Crippen MR) is 132 cm³/mol. The number of nitrogens with zero attached hydrogens (tertiary/aromatic N) is 3. The first-order chi connectivity index (χ1) is 15.4. The van der Waals surface area contributed by atoms with Crippen molar-refractivity contribution in [3.8, 4) is 5.75 Å². The van der Waals surface area contributed by atoms with E-state index < -0.39 is 22.2 Å². The third kappa shape index (κ3) is 5.63. The standard InChI is InChI=1S/C21H25ClN5O4PS/c1-13(2)33(29,30)18-9-7-6-8-16(18)23-20-19(22)26-27-21(25-20)24-15-11-10-14(32(4,5)28)12-17(15)31-3/h6-13H,1-5H3,(H2,23,24,25,27). The van der Waals surface area contributed by atoms with Gasteiger partial charge in [0.05, 0.1) is 28.6 Å². The maximum atomic E-state index is 12.7. The second-order valence-corrected chi connectivity index (χ2v) is 13.9. The lowest BCUT2D eigenvalue weighted by Crippen LogP contribution is -2.16. The number of halogens is 1. The summed E-state index contributed by atoms with van der Waals surface area (Å²) in [6, 6.07) is 11.6. The number of aromatic nitrogens is 3. The van der Waals surface area contributed by atoms with E-state index in [1.54, 1.807) is 63.6 Å². The van der Waals surface area contributed by atoms with E-state index in [4.69, 9.17) is 16.3 Å². The van der Waals surface area contributed by atoms with Crippen LogP contribution >= 0.6 is 18.7 Å². The van der Waals surface area contributed by atoms with Crippen molar-refractivity contribution in [1.29, 1.82) is 0 Å². The van der Waals surface area contributed by atoms with Gasteiger partial charge in [-0.05, 0) is 57.5 Å². The fourth-order valence-corrected chi connectivity index (χ4v) is 5.07. The van der Waals surface area contributed by atoms with Crippen LogP contribution in [0.3, 0.4) is 0 Å². The molecule has 0 fully saturated rings. The van der Waals surface area contributed by atoms with Gasteiger partial charge in [-0.25, -0.2) is 8.42 Å². The number of sulfone groups is 1. The first-order valence-corrected chi connectivity index (χ1v) is 14.5. The number of methoxy groups -OCH3 is 1. The van der Waals surface area contributed by atoms with Crippen LogP contribution in [-0.4, -0.2) is 49.3 Å². The molecule has 3 aromatic rings. The number of hydrogen-bond donors (Lipinski definition) is 2. The summed E-state index contributed by atoms with van der Waals surface area (Å²) in [6.07, 6.45) is 0. The molecular weight excluding hydrogens is 485 g/mol. The van der Waals surface area contributed by atoms with Crippen molar-refractivity contribution in [1.82, 2.24) is 15.2 Å². The molecule has 0 aliphatic heterocycles. The predicted octanol–water partition coefficient (Wildman–Crippen LogP) is 4.45. The highest BCUT2D eigenvalue weighted by Crippen LogP contribution is 2.38.